The lowest BCUT2D eigenvalue weighted by molar-refractivity contribution is -0.137. The van der Waals surface area contributed by atoms with Crippen molar-refractivity contribution >= 4 is 22.6 Å². The first kappa shape index (κ1) is 20.9. The Morgan fingerprint density at radius 3 is 2.19 bits per heavy atom. The van der Waals surface area contributed by atoms with Gasteiger partial charge < -0.3 is 10.2 Å². The second kappa shape index (κ2) is 8.41. The molecule has 2 amide bonds. The first-order valence-corrected chi connectivity index (χ1v) is 10.1. The van der Waals surface area contributed by atoms with Gasteiger partial charge in [0.15, 0.2) is 0 Å². The average Bonchev–Trinajstić information content (AvgIpc) is 2.78. The number of piperidine rings is 1. The van der Waals surface area contributed by atoms with E-state index in [2.05, 4.69) is 5.32 Å². The van der Waals surface area contributed by atoms with E-state index in [4.69, 9.17) is 0 Å². The van der Waals surface area contributed by atoms with Gasteiger partial charge in [-0.1, -0.05) is 48.5 Å². The molecule has 1 saturated heterocycles. The predicted octanol–water partition coefficient (Wildman–Crippen LogP) is 4.89. The number of amides is 2. The van der Waals surface area contributed by atoms with E-state index in [1.807, 2.05) is 36.4 Å². The van der Waals surface area contributed by atoms with E-state index >= 15 is 0 Å². The van der Waals surface area contributed by atoms with Gasteiger partial charge in [-0.25, -0.2) is 0 Å². The molecular weight excluding hydrogens is 405 g/mol. The van der Waals surface area contributed by atoms with Crippen LogP contribution in [0, 0.1) is 0 Å². The third-order valence-electron chi connectivity index (χ3n) is 5.61. The Labute approximate surface area is 177 Å². The molecule has 3 aromatic rings. The summed E-state index contributed by atoms with van der Waals surface area (Å²) in [5.41, 5.74) is -0.708. The minimum Gasteiger partial charge on any atom is -0.349 e. The van der Waals surface area contributed by atoms with Crippen LogP contribution < -0.4 is 5.32 Å². The normalized spacial score (nSPS) is 15.1. The number of hydrogen-bond acceptors (Lipinski definition) is 2. The Balaban J connectivity index is 1.41. The maximum absolute atomic E-state index is 13.2. The molecular formula is C24H21F3N2O2. The molecule has 0 aromatic heterocycles. The van der Waals surface area contributed by atoms with Crippen LogP contribution in [0.2, 0.25) is 0 Å². The van der Waals surface area contributed by atoms with Crippen molar-refractivity contribution < 1.29 is 22.8 Å². The zero-order valence-electron chi connectivity index (χ0n) is 16.7. The first-order valence-electron chi connectivity index (χ1n) is 10.1. The van der Waals surface area contributed by atoms with Crippen LogP contribution in [0.5, 0.6) is 0 Å². The molecule has 0 unspecified atom stereocenters. The molecule has 31 heavy (non-hydrogen) atoms. The fraction of sp³-hybridized carbons (Fsp3) is 0.250. The van der Waals surface area contributed by atoms with Crippen molar-refractivity contribution in [3.63, 3.8) is 0 Å². The highest BCUT2D eigenvalue weighted by atomic mass is 19.4. The van der Waals surface area contributed by atoms with Crippen LogP contribution in [0.1, 0.15) is 39.1 Å². The third-order valence-corrected chi connectivity index (χ3v) is 5.61. The topological polar surface area (TPSA) is 49.4 Å². The lowest BCUT2D eigenvalue weighted by atomic mass is 10.00. The van der Waals surface area contributed by atoms with Gasteiger partial charge in [0.1, 0.15) is 0 Å². The van der Waals surface area contributed by atoms with Crippen LogP contribution in [0.3, 0.4) is 0 Å². The van der Waals surface area contributed by atoms with Crippen molar-refractivity contribution in [2.75, 3.05) is 13.1 Å². The van der Waals surface area contributed by atoms with E-state index in [0.717, 1.165) is 16.8 Å². The largest absolute Gasteiger partial charge is 0.417 e. The summed E-state index contributed by atoms with van der Waals surface area (Å²) in [5.74, 6) is -0.823. The summed E-state index contributed by atoms with van der Waals surface area (Å²) >= 11 is 0. The first-order chi connectivity index (χ1) is 14.8. The van der Waals surface area contributed by atoms with Crippen molar-refractivity contribution in [3.05, 3.63) is 83.4 Å². The number of hydrogen-bond donors (Lipinski definition) is 1. The standard InChI is InChI=1S/C24H21F3N2O2/c25-24(26,27)21-11-4-3-9-20(21)22(30)28-17-12-14-29(15-13-17)23(31)19-10-5-7-16-6-1-2-8-18(16)19/h1-11,17H,12-15H2,(H,28,30). The summed E-state index contributed by atoms with van der Waals surface area (Å²) in [4.78, 5) is 27.2. The second-order valence-electron chi connectivity index (χ2n) is 7.61. The number of nitrogens with zero attached hydrogens (tertiary/aromatic N) is 1. The highest BCUT2D eigenvalue weighted by Crippen LogP contribution is 2.32. The Morgan fingerprint density at radius 1 is 0.839 bits per heavy atom. The highest BCUT2D eigenvalue weighted by molar-refractivity contribution is 6.07. The van der Waals surface area contributed by atoms with E-state index in [9.17, 15) is 22.8 Å². The Kier molecular flexibility index (Phi) is 5.67. The van der Waals surface area contributed by atoms with Crippen LogP contribution in [0.4, 0.5) is 13.2 Å². The lowest BCUT2D eigenvalue weighted by Crippen LogP contribution is -2.46. The quantitative estimate of drug-likeness (QED) is 0.648. The van der Waals surface area contributed by atoms with Crippen LogP contribution >= 0.6 is 0 Å². The monoisotopic (exact) mass is 426 g/mol. The minimum atomic E-state index is -4.60. The summed E-state index contributed by atoms with van der Waals surface area (Å²) in [6, 6.07) is 17.7. The number of alkyl halides is 3. The van der Waals surface area contributed by atoms with Crippen molar-refractivity contribution in [3.8, 4) is 0 Å². The molecule has 3 aromatic carbocycles. The zero-order chi connectivity index (χ0) is 22.0. The predicted molar refractivity (Wildman–Crippen MR) is 112 cm³/mol. The van der Waals surface area contributed by atoms with Gasteiger partial charge >= 0.3 is 6.18 Å². The number of halogens is 3. The van der Waals surface area contributed by atoms with Crippen molar-refractivity contribution in [2.24, 2.45) is 0 Å². The van der Waals surface area contributed by atoms with Crippen LogP contribution in [0.15, 0.2) is 66.7 Å². The van der Waals surface area contributed by atoms with Crippen LogP contribution in [0.25, 0.3) is 10.8 Å². The average molecular weight is 426 g/mol. The number of nitrogens with one attached hydrogen (secondary N) is 1. The molecule has 7 heteroatoms. The molecule has 0 bridgehead atoms. The number of rotatable bonds is 3. The third kappa shape index (κ3) is 4.40. The number of likely N-dealkylation sites (tertiary alicyclic amines) is 1. The van der Waals surface area contributed by atoms with Crippen molar-refractivity contribution in [2.45, 2.75) is 25.1 Å². The summed E-state index contributed by atoms with van der Waals surface area (Å²) in [6.45, 7) is 0.849. The van der Waals surface area contributed by atoms with E-state index in [0.29, 0.717) is 31.5 Å². The fourth-order valence-electron chi connectivity index (χ4n) is 4.00. The summed E-state index contributed by atoms with van der Waals surface area (Å²) in [7, 11) is 0. The van der Waals surface area contributed by atoms with Gasteiger partial charge in [0, 0.05) is 24.7 Å². The molecule has 1 heterocycles. The number of benzene rings is 3. The SMILES string of the molecule is O=C(NC1CCN(C(=O)c2cccc3ccccc23)CC1)c1ccccc1C(F)(F)F. The molecule has 1 aliphatic heterocycles. The molecule has 0 spiro atoms. The van der Waals surface area contributed by atoms with Crippen LogP contribution in [-0.2, 0) is 6.18 Å². The summed E-state index contributed by atoms with van der Waals surface area (Å²) in [5, 5.41) is 4.57. The Hall–Kier alpha value is -3.35. The van der Waals surface area contributed by atoms with Gasteiger partial charge in [-0.2, -0.15) is 13.2 Å². The molecule has 160 valence electrons. The van der Waals surface area contributed by atoms with E-state index in [-0.39, 0.29) is 17.5 Å². The number of carbonyl (C=O) groups is 2. The molecule has 0 saturated carbocycles. The number of carbonyl (C=O) groups excluding carboxylic acids is 2. The van der Waals surface area contributed by atoms with Crippen molar-refractivity contribution in [1.29, 1.82) is 0 Å². The van der Waals surface area contributed by atoms with E-state index < -0.39 is 17.6 Å². The van der Waals surface area contributed by atoms with Gasteiger partial charge in [-0.15, -0.1) is 0 Å². The fourth-order valence-corrected chi connectivity index (χ4v) is 4.00. The highest BCUT2D eigenvalue weighted by Gasteiger charge is 2.35. The van der Waals surface area contributed by atoms with Crippen LogP contribution in [-0.4, -0.2) is 35.8 Å². The van der Waals surface area contributed by atoms with Gasteiger partial charge in [0.25, 0.3) is 11.8 Å². The Morgan fingerprint density at radius 2 is 1.45 bits per heavy atom. The van der Waals surface area contributed by atoms with Gasteiger partial charge in [-0.05, 0) is 41.8 Å². The molecule has 1 aliphatic rings. The zero-order valence-corrected chi connectivity index (χ0v) is 16.7. The molecule has 0 aliphatic carbocycles. The molecule has 4 nitrogen and oxygen atoms in total. The Bertz CT molecular complexity index is 1110. The molecule has 0 radical (unpaired) electrons. The second-order valence-corrected chi connectivity index (χ2v) is 7.61. The summed E-state index contributed by atoms with van der Waals surface area (Å²) < 4.78 is 39.5. The van der Waals surface area contributed by atoms with Gasteiger partial charge in [0.2, 0.25) is 0 Å². The van der Waals surface area contributed by atoms with Gasteiger partial charge in [-0.3, -0.25) is 9.59 Å². The maximum atomic E-state index is 13.2. The van der Waals surface area contributed by atoms with E-state index in [1.165, 1.54) is 18.2 Å². The summed E-state index contributed by atoms with van der Waals surface area (Å²) in [6.07, 6.45) is -3.63. The maximum Gasteiger partial charge on any atom is 0.417 e. The molecule has 1 N–H and O–H groups in total. The molecule has 1 fully saturated rings. The minimum absolute atomic E-state index is 0.0796. The number of fused-ring (bicyclic) bond motifs is 1. The smallest absolute Gasteiger partial charge is 0.349 e. The lowest BCUT2D eigenvalue weighted by Gasteiger charge is -2.33. The van der Waals surface area contributed by atoms with Gasteiger partial charge in [0.05, 0.1) is 11.1 Å². The molecule has 0 atom stereocenters. The molecule has 4 rings (SSSR count). The van der Waals surface area contributed by atoms with Crippen molar-refractivity contribution in [1.82, 2.24) is 10.2 Å². The van der Waals surface area contributed by atoms with E-state index in [1.54, 1.807) is 11.0 Å².